The van der Waals surface area contributed by atoms with Crippen LogP contribution in [0.15, 0.2) is 10.9 Å². The van der Waals surface area contributed by atoms with Crippen LogP contribution in [-0.4, -0.2) is 48.2 Å². The maximum atomic E-state index is 11.7. The highest BCUT2D eigenvalue weighted by molar-refractivity contribution is 5.05. The lowest BCUT2D eigenvalue weighted by molar-refractivity contribution is 0.159. The van der Waals surface area contributed by atoms with Crippen LogP contribution in [0.3, 0.4) is 0 Å². The molecule has 0 aliphatic carbocycles. The van der Waals surface area contributed by atoms with E-state index in [0.29, 0.717) is 12.3 Å². The number of hydrogen-bond donors (Lipinski definition) is 2. The summed E-state index contributed by atoms with van der Waals surface area (Å²) in [6.07, 6.45) is 0.930. The quantitative estimate of drug-likeness (QED) is 0.800. The molecule has 2 rings (SSSR count). The number of H-pyrrole nitrogens is 1. The Morgan fingerprint density at radius 2 is 2.21 bits per heavy atom. The van der Waals surface area contributed by atoms with Crippen molar-refractivity contribution in [2.45, 2.75) is 26.0 Å². The molecule has 1 aromatic heterocycles. The maximum absolute atomic E-state index is 11.7. The summed E-state index contributed by atoms with van der Waals surface area (Å²) >= 11 is 0. The Labute approximate surface area is 113 Å². The summed E-state index contributed by atoms with van der Waals surface area (Å²) in [6.45, 7) is 6.43. The van der Waals surface area contributed by atoms with Gasteiger partial charge in [0, 0.05) is 39.4 Å². The smallest absolute Gasteiger partial charge is 0.251 e. The zero-order valence-electron chi connectivity index (χ0n) is 11.6. The van der Waals surface area contributed by atoms with Crippen LogP contribution in [0.5, 0.6) is 0 Å². The van der Waals surface area contributed by atoms with Crippen LogP contribution in [0.2, 0.25) is 0 Å². The Balaban J connectivity index is 2.23. The van der Waals surface area contributed by atoms with E-state index in [1.807, 2.05) is 0 Å². The van der Waals surface area contributed by atoms with Gasteiger partial charge >= 0.3 is 0 Å². The molecule has 6 nitrogen and oxygen atoms in total. The summed E-state index contributed by atoms with van der Waals surface area (Å²) in [5.41, 5.74) is 0.584. The molecule has 0 aromatic carbocycles. The highest BCUT2D eigenvalue weighted by atomic mass is 16.5. The van der Waals surface area contributed by atoms with Crippen molar-refractivity contribution in [2.75, 3.05) is 33.3 Å². The number of methoxy groups -OCH3 is 1. The number of aromatic nitrogens is 2. The zero-order valence-corrected chi connectivity index (χ0v) is 11.6. The summed E-state index contributed by atoms with van der Waals surface area (Å²) in [7, 11) is 1.61. The van der Waals surface area contributed by atoms with Gasteiger partial charge in [-0.05, 0) is 6.42 Å². The third-order valence-electron chi connectivity index (χ3n) is 3.40. The third-order valence-corrected chi connectivity index (χ3v) is 3.40. The predicted molar refractivity (Wildman–Crippen MR) is 73.0 cm³/mol. The summed E-state index contributed by atoms with van der Waals surface area (Å²) in [5.74, 6) is 0.754. The van der Waals surface area contributed by atoms with Crippen LogP contribution >= 0.6 is 0 Å². The molecule has 19 heavy (non-hydrogen) atoms. The molecule has 2 N–H and O–H groups in total. The molecule has 1 aliphatic heterocycles. The standard InChI is InChI=1S/C13H22N4O2/c1-3-11(17-6-4-14-5-7-17)13-15-10(9-19-2)8-12(18)16-13/h8,11,14H,3-7,9H2,1-2H3,(H,15,16,18). The SMILES string of the molecule is CCC(c1nc(COC)cc(=O)[nH]1)N1CCNCC1. The molecule has 0 radical (unpaired) electrons. The molecule has 1 aliphatic rings. The average Bonchev–Trinajstić information content (AvgIpc) is 2.40. The van der Waals surface area contributed by atoms with Gasteiger partial charge in [0.05, 0.1) is 18.3 Å². The Morgan fingerprint density at radius 1 is 1.47 bits per heavy atom. The fraction of sp³-hybridized carbons (Fsp3) is 0.692. The largest absolute Gasteiger partial charge is 0.378 e. The van der Waals surface area contributed by atoms with Gasteiger partial charge in [-0.3, -0.25) is 9.69 Å². The molecule has 106 valence electrons. The minimum Gasteiger partial charge on any atom is -0.378 e. The average molecular weight is 266 g/mol. The van der Waals surface area contributed by atoms with E-state index in [4.69, 9.17) is 4.74 Å². The first-order valence-electron chi connectivity index (χ1n) is 6.78. The van der Waals surface area contributed by atoms with Gasteiger partial charge in [-0.15, -0.1) is 0 Å². The summed E-state index contributed by atoms with van der Waals surface area (Å²) in [5, 5.41) is 3.33. The number of aromatic amines is 1. The molecule has 1 saturated heterocycles. The number of nitrogens with one attached hydrogen (secondary N) is 2. The van der Waals surface area contributed by atoms with E-state index in [2.05, 4.69) is 27.1 Å². The number of nitrogens with zero attached hydrogens (tertiary/aromatic N) is 2. The van der Waals surface area contributed by atoms with Gasteiger partial charge in [-0.2, -0.15) is 0 Å². The molecule has 1 atom stereocenters. The van der Waals surface area contributed by atoms with E-state index in [1.165, 1.54) is 6.07 Å². The number of rotatable bonds is 5. The Morgan fingerprint density at radius 3 is 2.84 bits per heavy atom. The lowest BCUT2D eigenvalue weighted by atomic mass is 10.1. The zero-order chi connectivity index (χ0) is 13.7. The molecule has 1 unspecified atom stereocenters. The lowest BCUT2D eigenvalue weighted by Crippen LogP contribution is -2.45. The van der Waals surface area contributed by atoms with Crippen LogP contribution < -0.4 is 10.9 Å². The first-order chi connectivity index (χ1) is 9.24. The van der Waals surface area contributed by atoms with Crippen molar-refractivity contribution in [3.05, 3.63) is 27.9 Å². The van der Waals surface area contributed by atoms with Crippen molar-refractivity contribution in [3.8, 4) is 0 Å². The van der Waals surface area contributed by atoms with Gasteiger partial charge in [0.15, 0.2) is 0 Å². The van der Waals surface area contributed by atoms with Crippen molar-refractivity contribution >= 4 is 0 Å². The Kier molecular flexibility index (Phi) is 5.07. The normalized spacial score (nSPS) is 18.4. The summed E-state index contributed by atoms with van der Waals surface area (Å²) < 4.78 is 5.06. The van der Waals surface area contributed by atoms with Gasteiger partial charge < -0.3 is 15.0 Å². The molecular weight excluding hydrogens is 244 g/mol. The molecule has 0 bridgehead atoms. The second-order valence-corrected chi connectivity index (χ2v) is 4.76. The van der Waals surface area contributed by atoms with Crippen molar-refractivity contribution in [1.29, 1.82) is 0 Å². The van der Waals surface area contributed by atoms with Crippen molar-refractivity contribution < 1.29 is 4.74 Å². The summed E-state index contributed by atoms with van der Waals surface area (Å²) in [4.78, 5) is 21.5. The highest BCUT2D eigenvalue weighted by Crippen LogP contribution is 2.20. The van der Waals surface area contributed by atoms with Gasteiger partial charge in [0.1, 0.15) is 5.82 Å². The number of hydrogen-bond acceptors (Lipinski definition) is 5. The first-order valence-corrected chi connectivity index (χ1v) is 6.78. The Hall–Kier alpha value is -1.24. The van der Waals surface area contributed by atoms with E-state index >= 15 is 0 Å². The fourth-order valence-corrected chi connectivity index (χ4v) is 2.53. The van der Waals surface area contributed by atoms with E-state index < -0.39 is 0 Å². The second kappa shape index (κ2) is 6.79. The minimum absolute atomic E-state index is 0.106. The van der Waals surface area contributed by atoms with E-state index in [0.717, 1.165) is 38.4 Å². The van der Waals surface area contributed by atoms with Gasteiger partial charge in [0.2, 0.25) is 0 Å². The first kappa shape index (κ1) is 14.2. The highest BCUT2D eigenvalue weighted by Gasteiger charge is 2.22. The summed E-state index contributed by atoms with van der Waals surface area (Å²) in [6, 6.07) is 1.67. The monoisotopic (exact) mass is 266 g/mol. The number of piperazine rings is 1. The molecular formula is C13H22N4O2. The van der Waals surface area contributed by atoms with Gasteiger partial charge in [-0.1, -0.05) is 6.92 Å². The molecule has 0 spiro atoms. The van der Waals surface area contributed by atoms with Crippen molar-refractivity contribution in [2.24, 2.45) is 0 Å². The maximum Gasteiger partial charge on any atom is 0.251 e. The predicted octanol–water partition coefficient (Wildman–Crippen LogP) is 0.273. The van der Waals surface area contributed by atoms with Gasteiger partial charge in [-0.25, -0.2) is 4.98 Å². The van der Waals surface area contributed by atoms with Crippen LogP contribution in [0.4, 0.5) is 0 Å². The topological polar surface area (TPSA) is 70.2 Å². The molecule has 0 amide bonds. The number of ether oxygens (including phenoxy) is 1. The Bertz CT molecular complexity index is 454. The molecule has 2 heterocycles. The fourth-order valence-electron chi connectivity index (χ4n) is 2.53. The second-order valence-electron chi connectivity index (χ2n) is 4.76. The van der Waals surface area contributed by atoms with Crippen LogP contribution in [0.25, 0.3) is 0 Å². The molecule has 6 heteroatoms. The van der Waals surface area contributed by atoms with Crippen LogP contribution in [0, 0.1) is 0 Å². The minimum atomic E-state index is -0.106. The lowest BCUT2D eigenvalue weighted by Gasteiger charge is -2.33. The third kappa shape index (κ3) is 3.62. The van der Waals surface area contributed by atoms with Crippen molar-refractivity contribution in [3.63, 3.8) is 0 Å². The van der Waals surface area contributed by atoms with Crippen LogP contribution in [-0.2, 0) is 11.3 Å². The van der Waals surface area contributed by atoms with Crippen molar-refractivity contribution in [1.82, 2.24) is 20.2 Å². The molecule has 1 fully saturated rings. The molecule has 1 aromatic rings. The van der Waals surface area contributed by atoms with E-state index in [9.17, 15) is 4.79 Å². The van der Waals surface area contributed by atoms with Crippen LogP contribution in [0.1, 0.15) is 30.9 Å². The molecule has 0 saturated carbocycles. The van der Waals surface area contributed by atoms with E-state index in [-0.39, 0.29) is 11.6 Å². The van der Waals surface area contributed by atoms with E-state index in [1.54, 1.807) is 7.11 Å². The van der Waals surface area contributed by atoms with Gasteiger partial charge in [0.25, 0.3) is 5.56 Å².